The second-order valence-electron chi connectivity index (χ2n) is 6.47. The van der Waals surface area contributed by atoms with Gasteiger partial charge in [0.25, 0.3) is 0 Å². The molecule has 1 aliphatic heterocycles. The third kappa shape index (κ3) is 3.14. The molecule has 0 fully saturated rings. The van der Waals surface area contributed by atoms with Crippen molar-refractivity contribution in [2.24, 2.45) is 0 Å². The Kier molecular flexibility index (Phi) is 4.82. The van der Waals surface area contributed by atoms with Gasteiger partial charge in [-0.1, -0.05) is 30.0 Å². The molecule has 2 aromatic rings. The van der Waals surface area contributed by atoms with Crippen LogP contribution in [-0.4, -0.2) is 22.7 Å². The highest BCUT2D eigenvalue weighted by atomic mass is 32.2. The third-order valence-corrected chi connectivity index (χ3v) is 5.84. The lowest BCUT2D eigenvalue weighted by molar-refractivity contribution is -0.116. The normalized spacial score (nSPS) is 15.8. The van der Waals surface area contributed by atoms with Gasteiger partial charge < -0.3 is 4.90 Å². The molecule has 1 aromatic heterocycles. The van der Waals surface area contributed by atoms with E-state index >= 15 is 0 Å². The molecule has 3 rings (SSSR count). The van der Waals surface area contributed by atoms with E-state index in [9.17, 15) is 10.1 Å². The van der Waals surface area contributed by atoms with Gasteiger partial charge in [-0.25, -0.2) is 4.98 Å². The second-order valence-corrected chi connectivity index (χ2v) is 7.44. The minimum atomic E-state index is 0.0593. The van der Waals surface area contributed by atoms with Crippen LogP contribution in [0.2, 0.25) is 0 Å². The number of carbonyl (C=O) groups excluding carboxylic acids is 1. The molecule has 0 bridgehead atoms. The number of nitrogens with zero attached hydrogens (tertiary/aromatic N) is 3. The SMILES string of the molecule is Cc1nc(SCC(=O)N2c3ccccc3C[C@@H]2C)c(C#N)c(C)c1C. The molecular weight excluding hydrogens is 330 g/mol. The minimum absolute atomic E-state index is 0.0593. The Morgan fingerprint density at radius 1 is 1.32 bits per heavy atom. The number of rotatable bonds is 3. The summed E-state index contributed by atoms with van der Waals surface area (Å²) in [7, 11) is 0. The maximum absolute atomic E-state index is 12.8. The number of aromatic nitrogens is 1. The number of nitriles is 1. The third-order valence-electron chi connectivity index (χ3n) is 4.88. The Morgan fingerprint density at radius 2 is 2.04 bits per heavy atom. The summed E-state index contributed by atoms with van der Waals surface area (Å²) in [6.45, 7) is 7.92. The zero-order chi connectivity index (χ0) is 18.1. The standard InChI is InChI=1S/C20H21N3OS/c1-12-9-16-7-5-6-8-18(16)23(12)19(24)11-25-20-17(10-21)14(3)13(2)15(4)22-20/h5-8,12H,9,11H2,1-4H3/t12-/m0/s1. The molecule has 0 saturated carbocycles. The Labute approximate surface area is 152 Å². The van der Waals surface area contributed by atoms with Gasteiger partial charge in [0.1, 0.15) is 11.1 Å². The average Bonchev–Trinajstić information content (AvgIpc) is 2.93. The predicted octanol–water partition coefficient (Wildman–Crippen LogP) is 3.95. The number of para-hydroxylation sites is 1. The number of aryl methyl sites for hydroxylation is 1. The lowest BCUT2D eigenvalue weighted by Crippen LogP contribution is -2.37. The summed E-state index contributed by atoms with van der Waals surface area (Å²) in [6, 6.07) is 10.5. The van der Waals surface area contributed by atoms with Gasteiger partial charge in [-0.3, -0.25) is 4.79 Å². The molecule has 5 heteroatoms. The number of anilines is 1. The number of benzene rings is 1. The Hall–Kier alpha value is -2.32. The van der Waals surface area contributed by atoms with Gasteiger partial charge in [0.2, 0.25) is 5.91 Å². The van der Waals surface area contributed by atoms with Crippen molar-refractivity contribution in [3.05, 3.63) is 52.2 Å². The predicted molar refractivity (Wildman–Crippen MR) is 101 cm³/mol. The minimum Gasteiger partial charge on any atom is -0.308 e. The Morgan fingerprint density at radius 3 is 2.76 bits per heavy atom. The van der Waals surface area contributed by atoms with Crippen LogP contribution in [0.5, 0.6) is 0 Å². The van der Waals surface area contributed by atoms with Crippen LogP contribution < -0.4 is 4.90 Å². The number of amides is 1. The van der Waals surface area contributed by atoms with Gasteiger partial charge in [0.05, 0.1) is 11.3 Å². The van der Waals surface area contributed by atoms with E-state index in [2.05, 4.69) is 24.0 Å². The summed E-state index contributed by atoms with van der Waals surface area (Å²) in [6.07, 6.45) is 0.886. The molecule has 0 saturated heterocycles. The molecule has 4 nitrogen and oxygen atoms in total. The summed E-state index contributed by atoms with van der Waals surface area (Å²) >= 11 is 1.36. The van der Waals surface area contributed by atoms with Gasteiger partial charge in [-0.15, -0.1) is 0 Å². The molecule has 0 unspecified atom stereocenters. The summed E-state index contributed by atoms with van der Waals surface area (Å²) in [5, 5.41) is 10.1. The summed E-state index contributed by atoms with van der Waals surface area (Å²) in [4.78, 5) is 19.2. The highest BCUT2D eigenvalue weighted by Gasteiger charge is 2.30. The molecule has 0 radical (unpaired) electrons. The van der Waals surface area contributed by atoms with Crippen molar-refractivity contribution in [3.8, 4) is 6.07 Å². The van der Waals surface area contributed by atoms with Crippen molar-refractivity contribution in [1.82, 2.24) is 4.98 Å². The molecule has 0 spiro atoms. The summed E-state index contributed by atoms with van der Waals surface area (Å²) in [5.74, 6) is 0.339. The van der Waals surface area contributed by atoms with Crippen LogP contribution in [0.4, 0.5) is 5.69 Å². The number of thioether (sulfide) groups is 1. The van der Waals surface area contributed by atoms with Crippen molar-refractivity contribution in [2.45, 2.75) is 45.2 Å². The van der Waals surface area contributed by atoms with E-state index in [1.165, 1.54) is 17.3 Å². The van der Waals surface area contributed by atoms with E-state index in [1.54, 1.807) is 0 Å². The maximum atomic E-state index is 12.8. The van der Waals surface area contributed by atoms with Crippen LogP contribution in [-0.2, 0) is 11.2 Å². The lowest BCUT2D eigenvalue weighted by Gasteiger charge is -2.22. The number of carbonyl (C=O) groups is 1. The van der Waals surface area contributed by atoms with E-state index in [1.807, 2.05) is 43.9 Å². The zero-order valence-electron chi connectivity index (χ0n) is 15.0. The Balaban J connectivity index is 1.81. The van der Waals surface area contributed by atoms with Crippen molar-refractivity contribution in [2.75, 3.05) is 10.7 Å². The van der Waals surface area contributed by atoms with Crippen LogP contribution in [0.25, 0.3) is 0 Å². The number of hydrogen-bond acceptors (Lipinski definition) is 4. The maximum Gasteiger partial charge on any atom is 0.237 e. The summed E-state index contributed by atoms with van der Waals surface area (Å²) < 4.78 is 0. The van der Waals surface area contributed by atoms with E-state index in [0.29, 0.717) is 10.6 Å². The van der Waals surface area contributed by atoms with Gasteiger partial charge >= 0.3 is 0 Å². The first-order valence-corrected chi connectivity index (χ1v) is 9.33. The number of hydrogen-bond donors (Lipinski definition) is 0. The largest absolute Gasteiger partial charge is 0.308 e. The molecule has 128 valence electrons. The first-order valence-electron chi connectivity index (χ1n) is 8.34. The number of pyridine rings is 1. The molecule has 1 amide bonds. The van der Waals surface area contributed by atoms with Crippen molar-refractivity contribution in [3.63, 3.8) is 0 Å². The molecule has 0 N–H and O–H groups in total. The highest BCUT2D eigenvalue weighted by molar-refractivity contribution is 8.00. The molecule has 25 heavy (non-hydrogen) atoms. The molecule has 0 aliphatic carbocycles. The molecule has 1 atom stereocenters. The van der Waals surface area contributed by atoms with Crippen molar-refractivity contribution >= 4 is 23.4 Å². The van der Waals surface area contributed by atoms with Gasteiger partial charge in [-0.2, -0.15) is 5.26 Å². The Bertz CT molecular complexity index is 885. The van der Waals surface area contributed by atoms with Crippen LogP contribution in [0.15, 0.2) is 29.3 Å². The van der Waals surface area contributed by atoms with Gasteiger partial charge in [0.15, 0.2) is 0 Å². The highest BCUT2D eigenvalue weighted by Crippen LogP contribution is 2.33. The fourth-order valence-corrected chi connectivity index (χ4v) is 4.24. The van der Waals surface area contributed by atoms with E-state index in [-0.39, 0.29) is 17.7 Å². The fourth-order valence-electron chi connectivity index (χ4n) is 3.29. The average molecular weight is 351 g/mol. The van der Waals surface area contributed by atoms with E-state index < -0.39 is 0 Å². The molecule has 1 aromatic carbocycles. The first-order chi connectivity index (χ1) is 11.9. The van der Waals surface area contributed by atoms with Crippen LogP contribution in [0, 0.1) is 32.1 Å². The van der Waals surface area contributed by atoms with Crippen LogP contribution in [0.3, 0.4) is 0 Å². The van der Waals surface area contributed by atoms with E-state index in [0.717, 1.165) is 28.9 Å². The zero-order valence-corrected chi connectivity index (χ0v) is 15.8. The van der Waals surface area contributed by atoms with Crippen molar-refractivity contribution < 1.29 is 4.79 Å². The van der Waals surface area contributed by atoms with Crippen molar-refractivity contribution in [1.29, 1.82) is 5.26 Å². The molecule has 1 aliphatic rings. The lowest BCUT2D eigenvalue weighted by atomic mass is 10.1. The summed E-state index contributed by atoms with van der Waals surface area (Å²) in [5.41, 5.74) is 5.69. The van der Waals surface area contributed by atoms with Crippen LogP contribution >= 0.6 is 11.8 Å². The van der Waals surface area contributed by atoms with Crippen LogP contribution in [0.1, 0.15) is 34.9 Å². The topological polar surface area (TPSA) is 57.0 Å². The van der Waals surface area contributed by atoms with Gasteiger partial charge in [0, 0.05) is 17.4 Å². The van der Waals surface area contributed by atoms with Gasteiger partial charge in [-0.05, 0) is 56.9 Å². The molecule has 2 heterocycles. The second kappa shape index (κ2) is 6.89. The van der Waals surface area contributed by atoms with E-state index in [4.69, 9.17) is 0 Å². The number of fused-ring (bicyclic) bond motifs is 1. The fraction of sp³-hybridized carbons (Fsp3) is 0.350. The quantitative estimate of drug-likeness (QED) is 0.786. The monoisotopic (exact) mass is 351 g/mol. The first kappa shape index (κ1) is 17.5. The molecular formula is C20H21N3OS. The smallest absolute Gasteiger partial charge is 0.237 e.